The van der Waals surface area contributed by atoms with Gasteiger partial charge in [-0.2, -0.15) is 0 Å². The number of amides is 1. The van der Waals surface area contributed by atoms with Gasteiger partial charge in [-0.25, -0.2) is 4.79 Å². The number of carbonyl (C=O) groups is 2. The van der Waals surface area contributed by atoms with E-state index < -0.39 is 5.97 Å². The topological polar surface area (TPSA) is 76.7 Å². The molecule has 2 aromatic carbocycles. The standard InChI is InChI=1S/C18H17BrN2O4S/c1-11-9-13(19)5-8-15(11)25-10-16(22)21-18(26)20-14-6-3-12(4-7-14)17(23)24-2/h3-9H,10H2,1-2H3,(H2,20,21,22,26). The van der Waals surface area contributed by atoms with Gasteiger partial charge in [0.05, 0.1) is 12.7 Å². The quantitative estimate of drug-likeness (QED) is 0.552. The fourth-order valence-electron chi connectivity index (χ4n) is 2.05. The number of carbonyl (C=O) groups excluding carboxylic acids is 2. The van der Waals surface area contributed by atoms with Gasteiger partial charge in [-0.3, -0.25) is 10.1 Å². The second-order valence-corrected chi connectivity index (χ2v) is 6.59. The highest BCUT2D eigenvalue weighted by Crippen LogP contribution is 2.21. The summed E-state index contributed by atoms with van der Waals surface area (Å²) in [4.78, 5) is 23.3. The lowest BCUT2D eigenvalue weighted by molar-refractivity contribution is -0.121. The number of methoxy groups -OCH3 is 1. The third-order valence-electron chi connectivity index (χ3n) is 3.31. The van der Waals surface area contributed by atoms with Crippen LogP contribution in [0.3, 0.4) is 0 Å². The molecule has 0 aromatic heterocycles. The van der Waals surface area contributed by atoms with Gasteiger partial charge >= 0.3 is 5.97 Å². The van der Waals surface area contributed by atoms with Crippen LogP contribution in [0.25, 0.3) is 0 Å². The number of rotatable bonds is 5. The van der Waals surface area contributed by atoms with Crippen molar-refractivity contribution in [1.29, 1.82) is 0 Å². The Morgan fingerprint density at radius 1 is 1.15 bits per heavy atom. The predicted octanol–water partition coefficient (Wildman–Crippen LogP) is 3.44. The second-order valence-electron chi connectivity index (χ2n) is 5.27. The molecule has 0 unspecified atom stereocenters. The smallest absolute Gasteiger partial charge is 0.337 e. The zero-order valence-electron chi connectivity index (χ0n) is 14.2. The highest BCUT2D eigenvalue weighted by Gasteiger charge is 2.09. The number of aryl methyl sites for hydroxylation is 1. The summed E-state index contributed by atoms with van der Waals surface area (Å²) in [7, 11) is 1.32. The fourth-order valence-corrected chi connectivity index (χ4v) is 2.76. The van der Waals surface area contributed by atoms with Gasteiger partial charge in [-0.05, 0) is 67.2 Å². The lowest BCUT2D eigenvalue weighted by Crippen LogP contribution is -2.37. The van der Waals surface area contributed by atoms with Crippen LogP contribution in [0.5, 0.6) is 5.75 Å². The first kappa shape index (κ1) is 19.9. The van der Waals surface area contributed by atoms with E-state index in [1.807, 2.05) is 19.1 Å². The minimum atomic E-state index is -0.423. The fraction of sp³-hybridized carbons (Fsp3) is 0.167. The average Bonchev–Trinajstić information content (AvgIpc) is 2.60. The van der Waals surface area contributed by atoms with Gasteiger partial charge in [0.1, 0.15) is 5.75 Å². The van der Waals surface area contributed by atoms with Crippen molar-refractivity contribution in [3.63, 3.8) is 0 Å². The zero-order chi connectivity index (χ0) is 19.1. The number of halogens is 1. The van der Waals surface area contributed by atoms with Gasteiger partial charge in [-0.1, -0.05) is 15.9 Å². The third-order valence-corrected chi connectivity index (χ3v) is 4.01. The minimum absolute atomic E-state index is 0.136. The monoisotopic (exact) mass is 436 g/mol. The van der Waals surface area contributed by atoms with Gasteiger partial charge in [0.15, 0.2) is 11.7 Å². The first-order chi connectivity index (χ1) is 12.4. The zero-order valence-corrected chi connectivity index (χ0v) is 16.6. The van der Waals surface area contributed by atoms with Crippen LogP contribution in [-0.2, 0) is 9.53 Å². The van der Waals surface area contributed by atoms with E-state index in [9.17, 15) is 9.59 Å². The lowest BCUT2D eigenvalue weighted by Gasteiger charge is -2.12. The largest absolute Gasteiger partial charge is 0.483 e. The number of thiocarbonyl (C=S) groups is 1. The van der Waals surface area contributed by atoms with Crippen molar-refractivity contribution in [2.75, 3.05) is 19.0 Å². The van der Waals surface area contributed by atoms with Crippen molar-refractivity contribution in [2.45, 2.75) is 6.92 Å². The molecule has 0 heterocycles. The summed E-state index contributed by atoms with van der Waals surface area (Å²) in [6.07, 6.45) is 0. The van der Waals surface area contributed by atoms with E-state index in [4.69, 9.17) is 17.0 Å². The second kappa shape index (κ2) is 9.30. The van der Waals surface area contributed by atoms with E-state index in [-0.39, 0.29) is 17.6 Å². The summed E-state index contributed by atoms with van der Waals surface area (Å²) in [5.74, 6) is -0.176. The SMILES string of the molecule is COC(=O)c1ccc(NC(=S)NC(=O)COc2ccc(Br)cc2C)cc1. The molecular weight excluding hydrogens is 420 g/mol. The van der Waals surface area contributed by atoms with Crippen LogP contribution < -0.4 is 15.4 Å². The number of benzene rings is 2. The van der Waals surface area contributed by atoms with E-state index in [1.54, 1.807) is 30.3 Å². The molecular formula is C18H17BrN2O4S. The molecule has 26 heavy (non-hydrogen) atoms. The minimum Gasteiger partial charge on any atom is -0.483 e. The van der Waals surface area contributed by atoms with E-state index in [0.29, 0.717) is 17.0 Å². The molecule has 0 saturated carbocycles. The maximum atomic E-state index is 11.9. The Balaban J connectivity index is 1.83. The van der Waals surface area contributed by atoms with E-state index in [2.05, 4.69) is 31.3 Å². The Morgan fingerprint density at radius 3 is 2.46 bits per heavy atom. The lowest BCUT2D eigenvalue weighted by atomic mass is 10.2. The highest BCUT2D eigenvalue weighted by molar-refractivity contribution is 9.10. The van der Waals surface area contributed by atoms with Gasteiger partial charge in [0.25, 0.3) is 5.91 Å². The number of anilines is 1. The molecule has 2 aromatic rings. The number of nitrogens with one attached hydrogen (secondary N) is 2. The Bertz CT molecular complexity index is 824. The van der Waals surface area contributed by atoms with Crippen LogP contribution >= 0.6 is 28.1 Å². The van der Waals surface area contributed by atoms with Crippen molar-refractivity contribution in [2.24, 2.45) is 0 Å². The van der Waals surface area contributed by atoms with Crippen molar-refractivity contribution >= 4 is 50.8 Å². The summed E-state index contributed by atoms with van der Waals surface area (Å²) in [5, 5.41) is 5.53. The van der Waals surface area contributed by atoms with Crippen LogP contribution in [0.4, 0.5) is 5.69 Å². The van der Waals surface area contributed by atoms with Gasteiger partial charge in [-0.15, -0.1) is 0 Å². The summed E-state index contributed by atoms with van der Waals surface area (Å²) >= 11 is 8.47. The summed E-state index contributed by atoms with van der Waals surface area (Å²) < 4.78 is 11.1. The average molecular weight is 437 g/mol. The maximum Gasteiger partial charge on any atom is 0.337 e. The molecule has 0 aliphatic heterocycles. The number of esters is 1. The molecule has 0 radical (unpaired) electrons. The van der Waals surface area contributed by atoms with E-state index >= 15 is 0 Å². The van der Waals surface area contributed by atoms with Gasteiger partial charge in [0.2, 0.25) is 0 Å². The van der Waals surface area contributed by atoms with E-state index in [1.165, 1.54) is 7.11 Å². The molecule has 136 valence electrons. The molecule has 2 rings (SSSR count). The Kier molecular flexibility index (Phi) is 7.11. The highest BCUT2D eigenvalue weighted by atomic mass is 79.9. The summed E-state index contributed by atoms with van der Waals surface area (Å²) in [6, 6.07) is 12.0. The summed E-state index contributed by atoms with van der Waals surface area (Å²) in [5.41, 5.74) is 1.97. The first-order valence-corrected chi connectivity index (χ1v) is 8.77. The normalized spacial score (nSPS) is 9.96. The predicted molar refractivity (Wildman–Crippen MR) is 107 cm³/mol. The van der Waals surface area contributed by atoms with Crippen LogP contribution in [0, 0.1) is 6.92 Å². The molecule has 0 saturated heterocycles. The van der Waals surface area contributed by atoms with Crippen LogP contribution in [0.2, 0.25) is 0 Å². The van der Waals surface area contributed by atoms with Crippen LogP contribution in [-0.4, -0.2) is 30.7 Å². The molecule has 0 spiro atoms. The van der Waals surface area contributed by atoms with Crippen molar-refractivity contribution in [1.82, 2.24) is 5.32 Å². The Labute approximate surface area is 165 Å². The molecule has 0 aliphatic carbocycles. The molecule has 0 aliphatic rings. The molecule has 0 atom stereocenters. The molecule has 0 fully saturated rings. The third kappa shape index (κ3) is 5.82. The molecule has 1 amide bonds. The summed E-state index contributed by atoms with van der Waals surface area (Å²) in [6.45, 7) is 1.73. The number of hydrogen-bond acceptors (Lipinski definition) is 5. The molecule has 8 heteroatoms. The Morgan fingerprint density at radius 2 is 1.85 bits per heavy atom. The molecule has 6 nitrogen and oxygen atoms in total. The number of hydrogen-bond donors (Lipinski definition) is 2. The molecule has 2 N–H and O–H groups in total. The van der Waals surface area contributed by atoms with Crippen LogP contribution in [0.1, 0.15) is 15.9 Å². The van der Waals surface area contributed by atoms with Crippen LogP contribution in [0.15, 0.2) is 46.9 Å². The van der Waals surface area contributed by atoms with Gasteiger partial charge < -0.3 is 14.8 Å². The van der Waals surface area contributed by atoms with E-state index in [0.717, 1.165) is 10.0 Å². The first-order valence-electron chi connectivity index (χ1n) is 7.57. The Hall–Kier alpha value is -2.45. The maximum absolute atomic E-state index is 11.9. The van der Waals surface area contributed by atoms with Crippen molar-refractivity contribution in [3.8, 4) is 5.75 Å². The van der Waals surface area contributed by atoms with Gasteiger partial charge in [0, 0.05) is 10.2 Å². The number of ether oxygens (including phenoxy) is 2. The van der Waals surface area contributed by atoms with Crippen molar-refractivity contribution in [3.05, 3.63) is 58.1 Å². The van der Waals surface area contributed by atoms with Crippen molar-refractivity contribution < 1.29 is 19.1 Å². The molecule has 0 bridgehead atoms.